The Labute approximate surface area is 172 Å². The quantitative estimate of drug-likeness (QED) is 0.625. The summed E-state index contributed by atoms with van der Waals surface area (Å²) in [6.07, 6.45) is 3.12. The molecular weight excluding hydrogens is 362 g/mol. The molecule has 1 amide bonds. The van der Waals surface area contributed by atoms with Crippen molar-refractivity contribution in [3.8, 4) is 0 Å². The van der Waals surface area contributed by atoms with E-state index in [4.69, 9.17) is 0 Å². The number of hydrogen-bond acceptors (Lipinski definition) is 5. The van der Waals surface area contributed by atoms with E-state index in [0.29, 0.717) is 18.1 Å². The van der Waals surface area contributed by atoms with Gasteiger partial charge in [-0.1, -0.05) is 30.3 Å². The Hall–Kier alpha value is -3.41. The smallest absolute Gasteiger partial charge is 0.258 e. The number of amides is 1. The van der Waals surface area contributed by atoms with Crippen LogP contribution in [0.25, 0.3) is 0 Å². The fraction of sp³-hybridized carbons (Fsp3) is 0.261. The molecular formula is C23H27N5O. The van der Waals surface area contributed by atoms with Gasteiger partial charge in [-0.3, -0.25) is 4.79 Å². The van der Waals surface area contributed by atoms with E-state index in [1.165, 1.54) is 5.56 Å². The van der Waals surface area contributed by atoms with Gasteiger partial charge in [0.25, 0.3) is 5.91 Å². The minimum Gasteiger partial charge on any atom is -0.372 e. The first-order valence-corrected chi connectivity index (χ1v) is 9.84. The maximum Gasteiger partial charge on any atom is 0.258 e. The van der Waals surface area contributed by atoms with Crippen LogP contribution >= 0.6 is 0 Å². The van der Waals surface area contributed by atoms with Crippen molar-refractivity contribution in [2.75, 3.05) is 35.3 Å². The lowest BCUT2D eigenvalue weighted by molar-refractivity contribution is 0.102. The Bertz CT molecular complexity index is 906. The molecule has 0 bridgehead atoms. The van der Waals surface area contributed by atoms with Crippen LogP contribution in [0, 0.1) is 0 Å². The summed E-state index contributed by atoms with van der Waals surface area (Å²) in [6.45, 7) is 6.85. The number of nitrogens with zero attached hydrogens (tertiary/aromatic N) is 4. The molecule has 0 aliphatic carbocycles. The van der Waals surface area contributed by atoms with Crippen LogP contribution in [-0.4, -0.2) is 36.0 Å². The number of carbonyl (C=O) groups is 1. The van der Waals surface area contributed by atoms with Crippen LogP contribution in [0.5, 0.6) is 0 Å². The van der Waals surface area contributed by atoms with Gasteiger partial charge in [-0.2, -0.15) is 0 Å². The topological polar surface area (TPSA) is 61.4 Å². The van der Waals surface area contributed by atoms with Gasteiger partial charge in [-0.05, 0) is 43.7 Å². The van der Waals surface area contributed by atoms with Gasteiger partial charge in [0, 0.05) is 50.5 Å². The minimum atomic E-state index is -0.224. The molecule has 1 N–H and O–H groups in total. The number of nitrogens with one attached hydrogen (secondary N) is 1. The molecule has 6 heteroatoms. The largest absolute Gasteiger partial charge is 0.372 e. The molecule has 1 aromatic heterocycles. The van der Waals surface area contributed by atoms with Gasteiger partial charge in [0.05, 0.1) is 5.56 Å². The molecule has 0 fully saturated rings. The number of benzene rings is 2. The fourth-order valence-electron chi connectivity index (χ4n) is 3.11. The van der Waals surface area contributed by atoms with Crippen LogP contribution in [0.15, 0.2) is 67.0 Å². The maximum atomic E-state index is 12.5. The third-order valence-electron chi connectivity index (χ3n) is 4.76. The van der Waals surface area contributed by atoms with E-state index in [1.807, 2.05) is 54.4 Å². The van der Waals surface area contributed by atoms with Crippen LogP contribution in [0.2, 0.25) is 0 Å². The zero-order chi connectivity index (χ0) is 20.6. The van der Waals surface area contributed by atoms with Gasteiger partial charge in [0.1, 0.15) is 0 Å². The highest BCUT2D eigenvalue weighted by Crippen LogP contribution is 2.18. The van der Waals surface area contributed by atoms with Crippen molar-refractivity contribution in [1.82, 2.24) is 9.97 Å². The van der Waals surface area contributed by atoms with Crippen LogP contribution in [0.3, 0.4) is 0 Å². The van der Waals surface area contributed by atoms with E-state index >= 15 is 0 Å². The molecule has 0 aliphatic heterocycles. The second-order valence-corrected chi connectivity index (χ2v) is 6.79. The van der Waals surface area contributed by atoms with E-state index < -0.39 is 0 Å². The molecule has 3 aromatic rings. The molecule has 0 radical (unpaired) electrons. The van der Waals surface area contributed by atoms with Crippen molar-refractivity contribution in [1.29, 1.82) is 0 Å². The van der Waals surface area contributed by atoms with Gasteiger partial charge in [0.15, 0.2) is 0 Å². The fourth-order valence-corrected chi connectivity index (χ4v) is 3.11. The molecule has 0 atom stereocenters. The Morgan fingerprint density at radius 2 is 1.55 bits per heavy atom. The summed E-state index contributed by atoms with van der Waals surface area (Å²) in [5.74, 6) is 0.354. The highest BCUT2D eigenvalue weighted by Gasteiger charge is 2.10. The first kappa shape index (κ1) is 20.3. The van der Waals surface area contributed by atoms with Crippen molar-refractivity contribution in [3.05, 3.63) is 78.1 Å². The predicted octanol–water partition coefficient (Wildman–Crippen LogP) is 4.21. The summed E-state index contributed by atoms with van der Waals surface area (Å²) < 4.78 is 0. The summed E-state index contributed by atoms with van der Waals surface area (Å²) in [6, 6.07) is 18.0. The molecule has 0 saturated carbocycles. The summed E-state index contributed by atoms with van der Waals surface area (Å²) >= 11 is 0. The zero-order valence-corrected chi connectivity index (χ0v) is 17.2. The molecule has 0 spiro atoms. The normalized spacial score (nSPS) is 10.4. The van der Waals surface area contributed by atoms with Crippen molar-refractivity contribution in [2.45, 2.75) is 20.4 Å². The van der Waals surface area contributed by atoms with Gasteiger partial charge >= 0.3 is 0 Å². The third-order valence-corrected chi connectivity index (χ3v) is 4.76. The number of hydrogen-bond donors (Lipinski definition) is 1. The van der Waals surface area contributed by atoms with E-state index in [-0.39, 0.29) is 5.91 Å². The average Bonchev–Trinajstić information content (AvgIpc) is 2.76. The Morgan fingerprint density at radius 3 is 2.14 bits per heavy atom. The molecule has 29 heavy (non-hydrogen) atoms. The molecule has 3 rings (SSSR count). The summed E-state index contributed by atoms with van der Waals surface area (Å²) in [4.78, 5) is 25.4. The van der Waals surface area contributed by atoms with Gasteiger partial charge in [-0.25, -0.2) is 9.97 Å². The van der Waals surface area contributed by atoms with Crippen LogP contribution in [0.4, 0.5) is 17.3 Å². The Morgan fingerprint density at radius 1 is 0.931 bits per heavy atom. The van der Waals surface area contributed by atoms with Crippen molar-refractivity contribution in [3.63, 3.8) is 0 Å². The molecule has 1 heterocycles. The lowest BCUT2D eigenvalue weighted by atomic mass is 10.2. The van der Waals surface area contributed by atoms with Crippen LogP contribution in [-0.2, 0) is 6.54 Å². The number of aromatic nitrogens is 2. The van der Waals surface area contributed by atoms with Crippen molar-refractivity contribution >= 4 is 23.2 Å². The molecule has 2 aromatic carbocycles. The summed E-state index contributed by atoms with van der Waals surface area (Å²) in [5.41, 5.74) is 3.49. The highest BCUT2D eigenvalue weighted by molar-refractivity contribution is 6.03. The standard InChI is InChI=1S/C23H27N5O/c1-4-28(5-2)21-13-11-20(12-14-21)26-22(29)19-15-24-23(25-16-19)27(3)17-18-9-7-6-8-10-18/h6-16H,4-5,17H2,1-3H3,(H,26,29). The first-order valence-electron chi connectivity index (χ1n) is 9.84. The highest BCUT2D eigenvalue weighted by atomic mass is 16.1. The lowest BCUT2D eigenvalue weighted by Crippen LogP contribution is -2.21. The zero-order valence-electron chi connectivity index (χ0n) is 17.2. The molecule has 6 nitrogen and oxygen atoms in total. The summed E-state index contributed by atoms with van der Waals surface area (Å²) in [7, 11) is 1.93. The molecule has 150 valence electrons. The maximum absolute atomic E-state index is 12.5. The molecule has 0 unspecified atom stereocenters. The van der Waals surface area contributed by atoms with Crippen molar-refractivity contribution in [2.24, 2.45) is 0 Å². The van der Waals surface area contributed by atoms with E-state index in [9.17, 15) is 4.79 Å². The van der Waals surface area contributed by atoms with E-state index in [0.717, 1.165) is 24.5 Å². The third kappa shape index (κ3) is 5.31. The van der Waals surface area contributed by atoms with Crippen LogP contribution in [0.1, 0.15) is 29.8 Å². The number of anilines is 3. The average molecular weight is 390 g/mol. The van der Waals surface area contributed by atoms with Gasteiger partial charge in [-0.15, -0.1) is 0 Å². The van der Waals surface area contributed by atoms with Gasteiger partial charge < -0.3 is 15.1 Å². The molecule has 0 aliphatic rings. The first-order chi connectivity index (χ1) is 14.1. The Balaban J connectivity index is 1.61. The summed E-state index contributed by atoms with van der Waals surface area (Å²) in [5, 5.41) is 2.90. The predicted molar refractivity (Wildman–Crippen MR) is 119 cm³/mol. The lowest BCUT2D eigenvalue weighted by Gasteiger charge is -2.21. The van der Waals surface area contributed by atoms with Gasteiger partial charge in [0.2, 0.25) is 5.95 Å². The van der Waals surface area contributed by atoms with E-state index in [2.05, 4.69) is 46.2 Å². The number of rotatable bonds is 8. The second kappa shape index (κ2) is 9.68. The van der Waals surface area contributed by atoms with Crippen LogP contribution < -0.4 is 15.1 Å². The minimum absolute atomic E-state index is 0.224. The number of carbonyl (C=O) groups excluding carboxylic acids is 1. The van der Waals surface area contributed by atoms with E-state index in [1.54, 1.807) is 12.4 Å². The van der Waals surface area contributed by atoms with Crippen molar-refractivity contribution < 1.29 is 4.79 Å². The second-order valence-electron chi connectivity index (χ2n) is 6.79. The Kier molecular flexibility index (Phi) is 6.79. The monoisotopic (exact) mass is 389 g/mol. The SMILES string of the molecule is CCN(CC)c1ccc(NC(=O)c2cnc(N(C)Cc3ccccc3)nc2)cc1. The molecule has 0 saturated heterocycles.